The van der Waals surface area contributed by atoms with Gasteiger partial charge in [-0.05, 0) is 0 Å². The molecule has 0 N–H and O–H groups in total. The van der Waals surface area contributed by atoms with Gasteiger partial charge in [-0.25, -0.2) is 0 Å². The van der Waals surface area contributed by atoms with Crippen molar-refractivity contribution in [3.05, 3.63) is 41.5 Å². The van der Waals surface area contributed by atoms with E-state index in [9.17, 15) is 0 Å². The second-order valence-corrected chi connectivity index (χ2v) is 9.53. The summed E-state index contributed by atoms with van der Waals surface area (Å²) in [6.45, 7) is 12.0. The van der Waals surface area contributed by atoms with Crippen LogP contribution in [0.2, 0.25) is 0 Å². The molecule has 2 rings (SSSR count). The van der Waals surface area contributed by atoms with Crippen molar-refractivity contribution in [1.29, 1.82) is 0 Å². The van der Waals surface area contributed by atoms with Crippen LogP contribution in [0.1, 0.15) is 73.1 Å². The molecular weight excluding hydrogens is 402 g/mol. The summed E-state index contributed by atoms with van der Waals surface area (Å²) in [7, 11) is 0. The minimum absolute atomic E-state index is 0. The molecule has 0 aliphatic heterocycles. The molecule has 0 unspecified atom stereocenters. The second kappa shape index (κ2) is 10.4. The molecule has 0 fully saturated rings. The van der Waals surface area contributed by atoms with E-state index in [0.29, 0.717) is 5.41 Å². The minimum atomic E-state index is -0.594. The zero-order chi connectivity index (χ0) is 15.5. The SMILES string of the molecule is CCC1=C(CC)C(CC)(CC)[C]([Zr+2][C]2=CC=CC2)=C1CC.[Cl-].[Cl-]. The van der Waals surface area contributed by atoms with E-state index < -0.39 is 23.2 Å². The Kier molecular flexibility index (Phi) is 10.6. The molecule has 0 radical (unpaired) electrons. The maximum absolute atomic E-state index is 2.42. The van der Waals surface area contributed by atoms with E-state index in [-0.39, 0.29) is 24.8 Å². The Morgan fingerprint density at radius 1 is 0.913 bits per heavy atom. The zero-order valence-electron chi connectivity index (χ0n) is 15.2. The van der Waals surface area contributed by atoms with E-state index in [4.69, 9.17) is 0 Å². The first-order valence-corrected chi connectivity index (χ1v) is 11.2. The average Bonchev–Trinajstić information content (AvgIpc) is 3.11. The summed E-state index contributed by atoms with van der Waals surface area (Å²) in [6, 6.07) is 0. The van der Waals surface area contributed by atoms with E-state index in [1.54, 1.807) is 20.0 Å². The molecule has 0 bridgehead atoms. The molecule has 2 aliphatic rings. The fourth-order valence-corrected chi connectivity index (χ4v) is 9.13. The molecule has 0 aromatic heterocycles. The van der Waals surface area contributed by atoms with E-state index in [0.717, 1.165) is 0 Å². The van der Waals surface area contributed by atoms with Crippen LogP contribution in [0.3, 0.4) is 0 Å². The van der Waals surface area contributed by atoms with Crippen molar-refractivity contribution in [2.75, 3.05) is 0 Å². The van der Waals surface area contributed by atoms with Crippen molar-refractivity contribution < 1.29 is 48.0 Å². The van der Waals surface area contributed by atoms with E-state index >= 15 is 0 Å². The van der Waals surface area contributed by atoms with Gasteiger partial charge in [0.15, 0.2) is 0 Å². The molecule has 0 saturated carbocycles. The third-order valence-corrected chi connectivity index (χ3v) is 9.64. The Bertz CT molecular complexity index is 520. The molecule has 23 heavy (non-hydrogen) atoms. The van der Waals surface area contributed by atoms with Crippen molar-refractivity contribution in [3.63, 3.8) is 0 Å². The summed E-state index contributed by atoms with van der Waals surface area (Å²) in [5.74, 6) is 0. The van der Waals surface area contributed by atoms with Gasteiger partial charge in [-0.3, -0.25) is 0 Å². The Hall–Kier alpha value is 0.423. The van der Waals surface area contributed by atoms with Crippen molar-refractivity contribution in [2.24, 2.45) is 5.41 Å². The van der Waals surface area contributed by atoms with Crippen LogP contribution in [0.5, 0.6) is 0 Å². The summed E-state index contributed by atoms with van der Waals surface area (Å²) in [4.78, 5) is 0. The summed E-state index contributed by atoms with van der Waals surface area (Å²) >= 11 is -0.594. The third kappa shape index (κ3) is 4.16. The smallest absolute Gasteiger partial charge is 1.00 e. The zero-order valence-corrected chi connectivity index (χ0v) is 19.2. The van der Waals surface area contributed by atoms with Gasteiger partial charge in [0.05, 0.1) is 0 Å². The van der Waals surface area contributed by atoms with Crippen LogP contribution in [-0.4, -0.2) is 0 Å². The number of allylic oxidation sites excluding steroid dienone is 8. The monoisotopic (exact) mass is 430 g/mol. The van der Waals surface area contributed by atoms with Gasteiger partial charge in [0.2, 0.25) is 0 Å². The Labute approximate surface area is 167 Å². The van der Waals surface area contributed by atoms with Crippen molar-refractivity contribution in [2.45, 2.75) is 73.1 Å². The first kappa shape index (κ1) is 23.4. The fraction of sp³-hybridized carbons (Fsp3) is 0.600. The number of halogens is 2. The Morgan fingerprint density at radius 3 is 1.91 bits per heavy atom. The van der Waals surface area contributed by atoms with Crippen LogP contribution in [-0.2, 0) is 23.2 Å². The van der Waals surface area contributed by atoms with Gasteiger partial charge >= 0.3 is 143 Å². The molecule has 0 heterocycles. The predicted octanol–water partition coefficient (Wildman–Crippen LogP) is 0.521. The molecule has 0 atom stereocenters. The number of hydrogen-bond donors (Lipinski definition) is 0. The van der Waals surface area contributed by atoms with Gasteiger partial charge < -0.3 is 24.8 Å². The van der Waals surface area contributed by atoms with E-state index in [1.165, 1.54) is 38.5 Å². The van der Waals surface area contributed by atoms with Gasteiger partial charge in [-0.15, -0.1) is 0 Å². The third-order valence-electron chi connectivity index (χ3n) is 5.41. The molecule has 0 saturated heterocycles. The predicted molar refractivity (Wildman–Crippen MR) is 89.8 cm³/mol. The quantitative estimate of drug-likeness (QED) is 0.551. The maximum Gasteiger partial charge on any atom is -1.00 e. The molecule has 0 amide bonds. The summed E-state index contributed by atoms with van der Waals surface area (Å²) in [5.41, 5.74) is 5.75. The number of rotatable bonds is 7. The topological polar surface area (TPSA) is 0 Å². The van der Waals surface area contributed by atoms with Crippen molar-refractivity contribution in [1.82, 2.24) is 0 Å². The van der Waals surface area contributed by atoms with Crippen LogP contribution < -0.4 is 24.8 Å². The molecule has 3 heteroatoms. The standard InChI is InChI=1S/C15H25.C5H5.2ClH.Zr/c1-6-12-11-15(9-4,10-5)14(8-3)13(12)7-2;1-2-4-5-3-1;;;/h6-10H2,1-5H3;1-3H,4H2;2*1H;/q;;;;+2/p-2. The normalized spacial score (nSPS) is 18.6. The Morgan fingerprint density at radius 2 is 1.52 bits per heavy atom. The first-order valence-electron chi connectivity index (χ1n) is 8.77. The summed E-state index contributed by atoms with van der Waals surface area (Å²) < 4.78 is 3.71. The molecule has 0 aromatic carbocycles. The van der Waals surface area contributed by atoms with Gasteiger partial charge in [-0.2, -0.15) is 0 Å². The second-order valence-electron chi connectivity index (χ2n) is 6.11. The minimum Gasteiger partial charge on any atom is -1.00 e. The summed E-state index contributed by atoms with van der Waals surface area (Å²) in [5, 5.41) is 0. The maximum atomic E-state index is 2.42. The van der Waals surface area contributed by atoms with Crippen LogP contribution >= 0.6 is 0 Å². The average molecular weight is 433 g/mol. The Balaban J connectivity index is 0.00000242. The van der Waals surface area contributed by atoms with Gasteiger partial charge in [0.25, 0.3) is 0 Å². The molecule has 0 aromatic rings. The largest absolute Gasteiger partial charge is 1.00 e. The summed E-state index contributed by atoms with van der Waals surface area (Å²) in [6.07, 6.45) is 14.6. The van der Waals surface area contributed by atoms with E-state index in [1.807, 2.05) is 3.28 Å². The van der Waals surface area contributed by atoms with Crippen molar-refractivity contribution in [3.8, 4) is 0 Å². The van der Waals surface area contributed by atoms with Crippen LogP contribution in [0.15, 0.2) is 41.5 Å². The fourth-order valence-electron chi connectivity index (χ4n) is 4.36. The van der Waals surface area contributed by atoms with Gasteiger partial charge in [0.1, 0.15) is 0 Å². The molecular formula is C20H30Cl2Zr. The number of hydrogen-bond acceptors (Lipinski definition) is 0. The van der Waals surface area contributed by atoms with Crippen LogP contribution in [0, 0.1) is 5.41 Å². The van der Waals surface area contributed by atoms with Crippen molar-refractivity contribution >= 4 is 0 Å². The van der Waals surface area contributed by atoms with E-state index in [2.05, 4.69) is 52.8 Å². The molecule has 2 aliphatic carbocycles. The van der Waals surface area contributed by atoms with Gasteiger partial charge in [0, 0.05) is 0 Å². The molecule has 128 valence electrons. The molecule has 0 spiro atoms. The first-order chi connectivity index (χ1) is 10.2. The van der Waals surface area contributed by atoms with Gasteiger partial charge in [-0.1, -0.05) is 0 Å². The van der Waals surface area contributed by atoms with Crippen LogP contribution in [0.4, 0.5) is 0 Å². The van der Waals surface area contributed by atoms with Crippen LogP contribution in [0.25, 0.3) is 0 Å². The molecule has 0 nitrogen and oxygen atoms in total.